The quantitative estimate of drug-likeness (QED) is 0.608. The number of hydrogen-bond acceptors (Lipinski definition) is 5. The van der Waals surface area contributed by atoms with E-state index in [0.29, 0.717) is 24.2 Å². The lowest BCUT2D eigenvalue weighted by Gasteiger charge is -2.38. The van der Waals surface area contributed by atoms with Crippen LogP contribution >= 0.6 is 0 Å². The van der Waals surface area contributed by atoms with Crippen molar-refractivity contribution in [1.29, 1.82) is 0 Å². The molecule has 2 aromatic rings. The predicted molar refractivity (Wildman–Crippen MR) is 139 cm³/mol. The molecule has 0 unspecified atom stereocenters. The first-order valence-corrected chi connectivity index (χ1v) is 13.1. The molecule has 2 heterocycles. The van der Waals surface area contributed by atoms with E-state index >= 15 is 0 Å². The maximum atomic E-state index is 14.5. The zero-order valence-corrected chi connectivity index (χ0v) is 21.8. The predicted octanol–water partition coefficient (Wildman–Crippen LogP) is 4.08. The molecule has 0 bridgehead atoms. The Labute approximate surface area is 217 Å². The summed E-state index contributed by atoms with van der Waals surface area (Å²) in [7, 11) is 1.74. The molecule has 1 fully saturated rings. The van der Waals surface area contributed by atoms with Gasteiger partial charge in [-0.3, -0.25) is 4.79 Å². The number of hydrogen-bond donors (Lipinski definition) is 2. The molecular weight excluding hydrogens is 475 g/mol. The van der Waals surface area contributed by atoms with Crippen LogP contribution in [0.2, 0.25) is 0 Å². The zero-order valence-electron chi connectivity index (χ0n) is 21.8. The lowest BCUT2D eigenvalue weighted by molar-refractivity contribution is 0.0351. The number of ether oxygens (including phenoxy) is 1. The van der Waals surface area contributed by atoms with Gasteiger partial charge >= 0.3 is 6.03 Å². The summed E-state index contributed by atoms with van der Waals surface area (Å²) < 4.78 is 20.8. The molecule has 2 aliphatic rings. The van der Waals surface area contributed by atoms with E-state index in [1.165, 1.54) is 18.7 Å². The van der Waals surface area contributed by atoms with E-state index in [-0.39, 0.29) is 41.9 Å². The Balaban J connectivity index is 1.61. The molecule has 3 amide bonds. The van der Waals surface area contributed by atoms with E-state index in [1.807, 2.05) is 6.92 Å². The number of nitrogens with one attached hydrogen (secondary N) is 1. The Morgan fingerprint density at radius 3 is 2.70 bits per heavy atom. The molecule has 3 atom stereocenters. The number of aromatic nitrogens is 1. The van der Waals surface area contributed by atoms with Crippen LogP contribution in [0.3, 0.4) is 0 Å². The third-order valence-corrected chi connectivity index (χ3v) is 7.44. The number of rotatable bonds is 6. The van der Waals surface area contributed by atoms with E-state index < -0.39 is 18.0 Å². The van der Waals surface area contributed by atoms with Crippen LogP contribution in [0.1, 0.15) is 56.3 Å². The van der Waals surface area contributed by atoms with Gasteiger partial charge in [-0.15, -0.1) is 0 Å². The fourth-order valence-electron chi connectivity index (χ4n) is 5.05. The van der Waals surface area contributed by atoms with Gasteiger partial charge in [-0.2, -0.15) is 0 Å². The second kappa shape index (κ2) is 11.9. The largest absolute Gasteiger partial charge is 0.472 e. The van der Waals surface area contributed by atoms with Gasteiger partial charge in [0.15, 0.2) is 0 Å². The number of benzene rings is 1. The van der Waals surface area contributed by atoms with Crippen molar-refractivity contribution < 1.29 is 23.8 Å². The van der Waals surface area contributed by atoms with Crippen molar-refractivity contribution in [3.63, 3.8) is 0 Å². The Hall–Kier alpha value is -3.20. The highest BCUT2D eigenvalue weighted by atomic mass is 19.1. The van der Waals surface area contributed by atoms with E-state index in [0.717, 1.165) is 25.7 Å². The number of urea groups is 1. The summed E-state index contributed by atoms with van der Waals surface area (Å²) >= 11 is 0. The van der Waals surface area contributed by atoms with Gasteiger partial charge in [0, 0.05) is 42.9 Å². The number of likely N-dealkylation sites (N-methyl/N-ethyl adjacent to an activating group) is 1. The highest BCUT2D eigenvalue weighted by molar-refractivity contribution is 5.98. The number of aliphatic hydroxyl groups excluding tert-OH is 1. The summed E-state index contributed by atoms with van der Waals surface area (Å²) in [6.45, 7) is 4.15. The van der Waals surface area contributed by atoms with Gasteiger partial charge in [0.1, 0.15) is 17.5 Å². The molecule has 1 aliphatic carbocycles. The molecule has 0 radical (unpaired) electrons. The van der Waals surface area contributed by atoms with Crippen LogP contribution in [0, 0.1) is 11.7 Å². The molecule has 37 heavy (non-hydrogen) atoms. The van der Waals surface area contributed by atoms with Crippen LogP contribution in [-0.2, 0) is 0 Å². The highest BCUT2D eigenvalue weighted by Crippen LogP contribution is 2.31. The summed E-state index contributed by atoms with van der Waals surface area (Å²) in [4.78, 5) is 34.1. The third kappa shape index (κ3) is 6.21. The van der Waals surface area contributed by atoms with Crippen LogP contribution in [0.25, 0.3) is 11.1 Å². The van der Waals surface area contributed by atoms with Crippen molar-refractivity contribution in [2.24, 2.45) is 5.92 Å². The Kier molecular flexibility index (Phi) is 8.63. The Morgan fingerprint density at radius 1 is 1.27 bits per heavy atom. The number of halogens is 1. The van der Waals surface area contributed by atoms with Crippen molar-refractivity contribution in [3.8, 4) is 17.0 Å². The minimum Gasteiger partial charge on any atom is -0.472 e. The van der Waals surface area contributed by atoms with Crippen molar-refractivity contribution in [2.75, 3.05) is 26.7 Å². The smallest absolute Gasteiger partial charge is 0.317 e. The lowest BCUT2D eigenvalue weighted by atomic mass is 9.96. The number of amides is 3. The number of carbonyl (C=O) groups is 2. The van der Waals surface area contributed by atoms with Crippen molar-refractivity contribution in [2.45, 2.75) is 64.1 Å². The third-order valence-electron chi connectivity index (χ3n) is 7.44. The molecule has 1 aromatic carbocycles. The highest BCUT2D eigenvalue weighted by Gasteiger charge is 2.35. The topological polar surface area (TPSA) is 95.0 Å². The van der Waals surface area contributed by atoms with Crippen LogP contribution in [-0.4, -0.2) is 76.8 Å². The first kappa shape index (κ1) is 26.9. The van der Waals surface area contributed by atoms with Gasteiger partial charge in [0.05, 0.1) is 19.2 Å². The first-order valence-electron chi connectivity index (χ1n) is 13.1. The average Bonchev–Trinajstić information content (AvgIpc) is 2.90. The summed E-state index contributed by atoms with van der Waals surface area (Å²) in [6.07, 6.45) is 6.49. The van der Waals surface area contributed by atoms with Crippen LogP contribution in [0.5, 0.6) is 5.88 Å². The van der Waals surface area contributed by atoms with Gasteiger partial charge < -0.3 is 25.0 Å². The lowest BCUT2D eigenvalue weighted by Crippen LogP contribution is -2.52. The maximum Gasteiger partial charge on any atom is 0.317 e. The average molecular weight is 513 g/mol. The summed E-state index contributed by atoms with van der Waals surface area (Å²) in [6, 6.07) is 7.51. The number of aliphatic hydroxyl groups is 1. The molecule has 1 saturated carbocycles. The molecule has 200 valence electrons. The Morgan fingerprint density at radius 2 is 2.00 bits per heavy atom. The minimum absolute atomic E-state index is 0.137. The van der Waals surface area contributed by atoms with Crippen LogP contribution in [0.15, 0.2) is 36.5 Å². The number of nitrogens with zero attached hydrogens (tertiary/aromatic N) is 3. The summed E-state index contributed by atoms with van der Waals surface area (Å²) in [5.41, 5.74) is 0.991. The molecule has 9 heteroatoms. The van der Waals surface area contributed by atoms with Gasteiger partial charge in [-0.25, -0.2) is 14.2 Å². The first-order chi connectivity index (χ1) is 17.8. The molecule has 1 aliphatic heterocycles. The summed E-state index contributed by atoms with van der Waals surface area (Å²) in [5.74, 6) is -0.765. The standard InChI is InChI=1S/C28H37FN4O4/c1-18-15-33(19(2)17-34)27(35)23-13-20(22-11-7-8-12-24(22)29)14-30-26(23)37-25(18)16-32(3)28(36)31-21-9-5-4-6-10-21/h7-8,11-14,18-19,21,25,34H,4-6,9-10,15-17H2,1-3H3,(H,31,36)/t18-,19-,25+/m1/s1. The van der Waals surface area contributed by atoms with E-state index in [1.54, 1.807) is 48.0 Å². The van der Waals surface area contributed by atoms with Crippen LogP contribution < -0.4 is 10.1 Å². The normalized spacial score (nSPS) is 21.3. The molecule has 0 saturated heterocycles. The van der Waals surface area contributed by atoms with Gasteiger partial charge in [0.2, 0.25) is 5.88 Å². The van der Waals surface area contributed by atoms with E-state index in [9.17, 15) is 19.1 Å². The molecule has 0 spiro atoms. The minimum atomic E-state index is -0.450. The van der Waals surface area contributed by atoms with Crippen LogP contribution in [0.4, 0.5) is 9.18 Å². The van der Waals surface area contributed by atoms with Gasteiger partial charge in [0.25, 0.3) is 5.91 Å². The Bertz CT molecular complexity index is 1110. The molecular formula is C28H37FN4O4. The van der Waals surface area contributed by atoms with Crippen molar-refractivity contribution in [1.82, 2.24) is 20.1 Å². The van der Waals surface area contributed by atoms with E-state index in [4.69, 9.17) is 4.74 Å². The second-order valence-electron chi connectivity index (χ2n) is 10.3. The van der Waals surface area contributed by atoms with Gasteiger partial charge in [-0.05, 0) is 31.9 Å². The van der Waals surface area contributed by atoms with Crippen molar-refractivity contribution >= 4 is 11.9 Å². The number of carbonyl (C=O) groups excluding carboxylic acids is 2. The maximum absolute atomic E-state index is 14.5. The SMILES string of the molecule is C[C@@H]1CN([C@H](C)CO)C(=O)c2cc(-c3ccccc3F)cnc2O[C@H]1CN(C)C(=O)NC1CCCCC1. The monoisotopic (exact) mass is 512 g/mol. The summed E-state index contributed by atoms with van der Waals surface area (Å²) in [5, 5.41) is 13.0. The second-order valence-corrected chi connectivity index (χ2v) is 10.3. The molecule has 4 rings (SSSR count). The van der Waals surface area contributed by atoms with Gasteiger partial charge in [-0.1, -0.05) is 44.4 Å². The zero-order chi connectivity index (χ0) is 26.5. The number of fused-ring (bicyclic) bond motifs is 1. The molecule has 1 aromatic heterocycles. The number of pyridine rings is 1. The fraction of sp³-hybridized carbons (Fsp3) is 0.536. The molecule has 2 N–H and O–H groups in total. The van der Waals surface area contributed by atoms with E-state index in [2.05, 4.69) is 10.3 Å². The van der Waals surface area contributed by atoms with Crippen molar-refractivity contribution in [3.05, 3.63) is 47.9 Å². The fourth-order valence-corrected chi connectivity index (χ4v) is 5.05. The molecule has 8 nitrogen and oxygen atoms in total.